The number of benzene rings is 2. The van der Waals surface area contributed by atoms with Gasteiger partial charge in [0, 0.05) is 10.9 Å². The summed E-state index contributed by atoms with van der Waals surface area (Å²) in [5.41, 5.74) is 7.25. The Morgan fingerprint density at radius 1 is 1.12 bits per heavy atom. The van der Waals surface area contributed by atoms with Crippen molar-refractivity contribution < 1.29 is 18.7 Å². The van der Waals surface area contributed by atoms with Crippen molar-refractivity contribution in [1.29, 1.82) is 0 Å². The Morgan fingerprint density at radius 2 is 1.92 bits per heavy atom. The second kappa shape index (κ2) is 6.60. The Balaban J connectivity index is 2.23. The molecule has 1 heterocycles. The molecule has 1 amide bonds. The SMILES string of the molecule is COc1ccc2oc(=Nc3cccc(C(C)=O)c3)c(C(N)=O)cc2c1. The highest BCUT2D eigenvalue weighted by atomic mass is 16.5. The summed E-state index contributed by atoms with van der Waals surface area (Å²) in [5.74, 6) is -0.0957. The molecule has 0 aliphatic carbocycles. The Kier molecular flexibility index (Phi) is 4.35. The van der Waals surface area contributed by atoms with Gasteiger partial charge in [0.1, 0.15) is 16.9 Å². The first kappa shape index (κ1) is 16.4. The van der Waals surface area contributed by atoms with Crippen molar-refractivity contribution in [3.63, 3.8) is 0 Å². The normalized spacial score (nSPS) is 11.5. The molecule has 6 nitrogen and oxygen atoms in total. The van der Waals surface area contributed by atoms with Crippen LogP contribution < -0.4 is 16.0 Å². The van der Waals surface area contributed by atoms with Crippen LogP contribution in [-0.2, 0) is 0 Å². The minimum Gasteiger partial charge on any atom is -0.497 e. The summed E-state index contributed by atoms with van der Waals surface area (Å²) in [5, 5.41) is 0.671. The number of hydrogen-bond donors (Lipinski definition) is 1. The van der Waals surface area contributed by atoms with Gasteiger partial charge in [0.15, 0.2) is 5.78 Å². The van der Waals surface area contributed by atoms with E-state index in [1.54, 1.807) is 55.6 Å². The fourth-order valence-corrected chi connectivity index (χ4v) is 2.41. The second-order valence-electron chi connectivity index (χ2n) is 5.45. The van der Waals surface area contributed by atoms with E-state index in [0.29, 0.717) is 28.0 Å². The van der Waals surface area contributed by atoms with Gasteiger partial charge < -0.3 is 14.9 Å². The van der Waals surface area contributed by atoms with Crippen molar-refractivity contribution in [2.45, 2.75) is 6.92 Å². The number of nitrogens with zero attached hydrogens (tertiary/aromatic N) is 1. The van der Waals surface area contributed by atoms with Crippen LogP contribution in [-0.4, -0.2) is 18.8 Å². The summed E-state index contributed by atoms with van der Waals surface area (Å²) < 4.78 is 10.9. The second-order valence-corrected chi connectivity index (χ2v) is 5.45. The topological polar surface area (TPSA) is 94.9 Å². The van der Waals surface area contributed by atoms with Crippen LogP contribution in [0.5, 0.6) is 5.75 Å². The lowest BCUT2D eigenvalue weighted by Crippen LogP contribution is -2.21. The predicted octanol–water partition coefficient (Wildman–Crippen LogP) is 2.98. The Bertz CT molecular complexity index is 1050. The third-order valence-corrected chi connectivity index (χ3v) is 3.70. The molecular formula is C19H16N2O4. The molecule has 0 radical (unpaired) electrons. The Labute approximate surface area is 143 Å². The van der Waals surface area contributed by atoms with Gasteiger partial charge in [0.2, 0.25) is 5.55 Å². The maximum absolute atomic E-state index is 11.8. The van der Waals surface area contributed by atoms with E-state index < -0.39 is 5.91 Å². The third-order valence-electron chi connectivity index (χ3n) is 3.70. The zero-order valence-electron chi connectivity index (χ0n) is 13.8. The number of nitrogens with two attached hydrogens (primary N) is 1. The van der Waals surface area contributed by atoms with E-state index in [0.717, 1.165) is 0 Å². The summed E-state index contributed by atoms with van der Waals surface area (Å²) in [7, 11) is 1.55. The summed E-state index contributed by atoms with van der Waals surface area (Å²) in [6.45, 7) is 1.47. The molecule has 0 saturated carbocycles. The van der Waals surface area contributed by atoms with Crippen molar-refractivity contribution in [3.05, 3.63) is 65.2 Å². The number of ketones is 1. The predicted molar refractivity (Wildman–Crippen MR) is 93.0 cm³/mol. The van der Waals surface area contributed by atoms with Crippen LogP contribution in [0.2, 0.25) is 0 Å². The molecule has 0 spiro atoms. The highest BCUT2D eigenvalue weighted by Gasteiger charge is 2.10. The minimum absolute atomic E-state index is 0.0743. The van der Waals surface area contributed by atoms with E-state index in [4.69, 9.17) is 14.9 Å². The Hall–Kier alpha value is -3.41. The van der Waals surface area contributed by atoms with Crippen LogP contribution in [0.25, 0.3) is 11.0 Å². The molecule has 0 aliphatic rings. The van der Waals surface area contributed by atoms with E-state index in [-0.39, 0.29) is 16.9 Å². The number of hydrogen-bond acceptors (Lipinski definition) is 5. The molecule has 6 heteroatoms. The molecule has 0 aliphatic heterocycles. The van der Waals surface area contributed by atoms with Crippen molar-refractivity contribution >= 4 is 28.3 Å². The summed E-state index contributed by atoms with van der Waals surface area (Å²) in [4.78, 5) is 27.7. The van der Waals surface area contributed by atoms with E-state index in [1.165, 1.54) is 6.92 Å². The highest BCUT2D eigenvalue weighted by Crippen LogP contribution is 2.21. The maximum atomic E-state index is 11.8. The highest BCUT2D eigenvalue weighted by molar-refractivity contribution is 5.96. The smallest absolute Gasteiger partial charge is 0.254 e. The molecule has 3 aromatic rings. The molecule has 0 fully saturated rings. The third kappa shape index (κ3) is 3.42. The molecule has 0 atom stereocenters. The number of amides is 1. The van der Waals surface area contributed by atoms with Crippen LogP contribution in [0, 0.1) is 0 Å². The first-order chi connectivity index (χ1) is 12.0. The fourth-order valence-electron chi connectivity index (χ4n) is 2.41. The molecule has 1 aromatic heterocycles. The van der Waals surface area contributed by atoms with Gasteiger partial charge >= 0.3 is 0 Å². The molecule has 0 unspecified atom stereocenters. The van der Waals surface area contributed by atoms with Gasteiger partial charge in [-0.1, -0.05) is 12.1 Å². The van der Waals surface area contributed by atoms with Crippen molar-refractivity contribution in [3.8, 4) is 5.75 Å². The van der Waals surface area contributed by atoms with Gasteiger partial charge in [-0.25, -0.2) is 4.99 Å². The number of fused-ring (bicyclic) bond motifs is 1. The van der Waals surface area contributed by atoms with Gasteiger partial charge in [-0.2, -0.15) is 0 Å². The number of carbonyl (C=O) groups excluding carboxylic acids is 2. The number of Topliss-reactive ketones (excluding diaryl/α,β-unsaturated/α-hetero) is 1. The van der Waals surface area contributed by atoms with Crippen molar-refractivity contribution in [2.75, 3.05) is 7.11 Å². The van der Waals surface area contributed by atoms with Gasteiger partial charge in [0.25, 0.3) is 5.91 Å². The number of rotatable bonds is 4. The van der Waals surface area contributed by atoms with Gasteiger partial charge in [-0.15, -0.1) is 0 Å². The number of carbonyl (C=O) groups is 2. The lowest BCUT2D eigenvalue weighted by Gasteiger charge is -2.04. The zero-order chi connectivity index (χ0) is 18.0. The standard InChI is InChI=1S/C19H16N2O4/c1-11(22)12-4-3-5-14(8-12)21-19-16(18(20)23)10-13-9-15(24-2)6-7-17(13)25-19/h3-10H,1-2H3,(H2,20,23). The molecule has 0 saturated heterocycles. The molecule has 126 valence electrons. The molecule has 0 bridgehead atoms. The first-order valence-corrected chi connectivity index (χ1v) is 7.55. The first-order valence-electron chi connectivity index (χ1n) is 7.55. The lowest BCUT2D eigenvalue weighted by molar-refractivity contribution is 0.0992. The van der Waals surface area contributed by atoms with Gasteiger partial charge in [-0.3, -0.25) is 9.59 Å². The summed E-state index contributed by atoms with van der Waals surface area (Å²) in [6, 6.07) is 13.6. The molecular weight excluding hydrogens is 320 g/mol. The minimum atomic E-state index is -0.657. The maximum Gasteiger partial charge on any atom is 0.254 e. The van der Waals surface area contributed by atoms with Crippen molar-refractivity contribution in [2.24, 2.45) is 10.7 Å². The van der Waals surface area contributed by atoms with Crippen LogP contribution in [0.1, 0.15) is 27.6 Å². The van der Waals surface area contributed by atoms with Gasteiger partial charge in [-0.05, 0) is 43.3 Å². The largest absolute Gasteiger partial charge is 0.497 e. The monoisotopic (exact) mass is 336 g/mol. The van der Waals surface area contributed by atoms with Crippen molar-refractivity contribution in [1.82, 2.24) is 0 Å². The quantitative estimate of drug-likeness (QED) is 0.741. The van der Waals surface area contributed by atoms with Crippen LogP contribution in [0.15, 0.2) is 57.9 Å². The van der Waals surface area contributed by atoms with Gasteiger partial charge in [0.05, 0.1) is 12.8 Å². The Morgan fingerprint density at radius 3 is 2.60 bits per heavy atom. The molecule has 25 heavy (non-hydrogen) atoms. The zero-order valence-corrected chi connectivity index (χ0v) is 13.8. The van der Waals surface area contributed by atoms with Crippen LogP contribution in [0.4, 0.5) is 5.69 Å². The van der Waals surface area contributed by atoms with E-state index in [2.05, 4.69) is 4.99 Å². The van der Waals surface area contributed by atoms with E-state index in [1.807, 2.05) is 0 Å². The van der Waals surface area contributed by atoms with E-state index >= 15 is 0 Å². The number of ether oxygens (including phenoxy) is 1. The van der Waals surface area contributed by atoms with Crippen LogP contribution >= 0.6 is 0 Å². The number of methoxy groups -OCH3 is 1. The number of primary amides is 1. The molecule has 2 aromatic carbocycles. The summed E-state index contributed by atoms with van der Waals surface area (Å²) in [6.07, 6.45) is 0. The lowest BCUT2D eigenvalue weighted by atomic mass is 10.1. The van der Waals surface area contributed by atoms with E-state index in [9.17, 15) is 9.59 Å². The molecule has 2 N–H and O–H groups in total. The van der Waals surface area contributed by atoms with Crippen LogP contribution in [0.3, 0.4) is 0 Å². The summed E-state index contributed by atoms with van der Waals surface area (Å²) >= 11 is 0. The average molecular weight is 336 g/mol. The fraction of sp³-hybridized carbons (Fsp3) is 0.105. The average Bonchev–Trinajstić information content (AvgIpc) is 2.60. The molecule has 3 rings (SSSR count).